The van der Waals surface area contributed by atoms with E-state index in [0.29, 0.717) is 6.61 Å². The number of methoxy groups -OCH3 is 1. The topological polar surface area (TPSA) is 34.1 Å². The molecule has 1 atom stereocenters. The van der Waals surface area contributed by atoms with Gasteiger partial charge < -0.3 is 10.1 Å². The minimum absolute atomic E-state index is 0.253. The van der Waals surface area contributed by atoms with Gasteiger partial charge in [0, 0.05) is 19.0 Å². The van der Waals surface area contributed by atoms with Crippen molar-refractivity contribution >= 4 is 0 Å². The number of ether oxygens (including phenoxy) is 1. The monoisotopic (exact) mass is 208 g/mol. The first-order chi connectivity index (χ1) is 7.27. The molecule has 0 amide bonds. The van der Waals surface area contributed by atoms with Crippen LogP contribution in [0.3, 0.4) is 0 Å². The molecule has 0 aliphatic heterocycles. The summed E-state index contributed by atoms with van der Waals surface area (Å²) in [5.41, 5.74) is 2.24. The van der Waals surface area contributed by atoms with Gasteiger partial charge in [0.05, 0.1) is 12.6 Å². The zero-order chi connectivity index (χ0) is 11.1. The van der Waals surface area contributed by atoms with Gasteiger partial charge in [-0.25, -0.2) is 0 Å². The van der Waals surface area contributed by atoms with E-state index in [-0.39, 0.29) is 6.04 Å². The van der Waals surface area contributed by atoms with E-state index in [9.17, 15) is 0 Å². The Kier molecular flexibility index (Phi) is 5.29. The van der Waals surface area contributed by atoms with Crippen molar-refractivity contribution in [3.63, 3.8) is 0 Å². The minimum atomic E-state index is 0.253. The van der Waals surface area contributed by atoms with Crippen LogP contribution in [0.2, 0.25) is 0 Å². The third-order valence-electron chi connectivity index (χ3n) is 2.31. The highest BCUT2D eigenvalue weighted by molar-refractivity contribution is 5.17. The largest absolute Gasteiger partial charge is 0.383 e. The first kappa shape index (κ1) is 12.1. The molecule has 1 N–H and O–H groups in total. The van der Waals surface area contributed by atoms with Crippen molar-refractivity contribution in [3.05, 3.63) is 29.6 Å². The SMILES string of the molecule is CCCNC(COC)c1ccc(C)nc1. The van der Waals surface area contributed by atoms with Crippen LogP contribution in [-0.4, -0.2) is 25.2 Å². The molecule has 0 fully saturated rings. The number of aryl methyl sites for hydroxylation is 1. The average molecular weight is 208 g/mol. The highest BCUT2D eigenvalue weighted by atomic mass is 16.5. The molecule has 0 spiro atoms. The molecular weight excluding hydrogens is 188 g/mol. The van der Waals surface area contributed by atoms with Gasteiger partial charge in [-0.1, -0.05) is 13.0 Å². The smallest absolute Gasteiger partial charge is 0.0658 e. The molecule has 3 heteroatoms. The summed E-state index contributed by atoms with van der Waals surface area (Å²) in [6.45, 7) is 5.84. The second kappa shape index (κ2) is 6.53. The maximum absolute atomic E-state index is 5.20. The molecule has 1 rings (SSSR count). The van der Waals surface area contributed by atoms with Crippen LogP contribution in [0.1, 0.15) is 30.6 Å². The number of pyridine rings is 1. The first-order valence-electron chi connectivity index (χ1n) is 5.42. The summed E-state index contributed by atoms with van der Waals surface area (Å²) in [4.78, 5) is 4.29. The Bertz CT molecular complexity index is 271. The van der Waals surface area contributed by atoms with Gasteiger partial charge >= 0.3 is 0 Å². The van der Waals surface area contributed by atoms with Crippen LogP contribution in [0, 0.1) is 6.92 Å². The molecule has 0 aliphatic carbocycles. The number of nitrogens with zero attached hydrogens (tertiary/aromatic N) is 1. The Labute approximate surface area is 91.9 Å². The summed E-state index contributed by atoms with van der Waals surface area (Å²) in [6, 6.07) is 4.39. The van der Waals surface area contributed by atoms with E-state index in [1.807, 2.05) is 19.2 Å². The summed E-state index contributed by atoms with van der Waals surface area (Å²) < 4.78 is 5.20. The molecule has 0 radical (unpaired) electrons. The van der Waals surface area contributed by atoms with E-state index in [1.54, 1.807) is 7.11 Å². The molecule has 0 aromatic carbocycles. The third kappa shape index (κ3) is 3.98. The Morgan fingerprint density at radius 1 is 1.47 bits per heavy atom. The van der Waals surface area contributed by atoms with Gasteiger partial charge in [0.1, 0.15) is 0 Å². The highest BCUT2D eigenvalue weighted by Crippen LogP contribution is 2.12. The van der Waals surface area contributed by atoms with Crippen LogP contribution in [0.15, 0.2) is 18.3 Å². The maximum atomic E-state index is 5.20. The number of aromatic nitrogens is 1. The van der Waals surface area contributed by atoms with Gasteiger partial charge in [-0.05, 0) is 31.5 Å². The van der Waals surface area contributed by atoms with Gasteiger partial charge in [-0.2, -0.15) is 0 Å². The summed E-state index contributed by atoms with van der Waals surface area (Å²) in [7, 11) is 1.72. The fourth-order valence-corrected chi connectivity index (χ4v) is 1.44. The van der Waals surface area contributed by atoms with Crippen LogP contribution in [0.25, 0.3) is 0 Å². The quantitative estimate of drug-likeness (QED) is 0.777. The van der Waals surface area contributed by atoms with Gasteiger partial charge in [0.25, 0.3) is 0 Å². The Balaban J connectivity index is 2.65. The van der Waals surface area contributed by atoms with Gasteiger partial charge in [-0.15, -0.1) is 0 Å². The van der Waals surface area contributed by atoms with Crippen molar-refractivity contribution < 1.29 is 4.74 Å². The lowest BCUT2D eigenvalue weighted by atomic mass is 10.1. The minimum Gasteiger partial charge on any atom is -0.383 e. The molecule has 1 heterocycles. The standard InChI is InChI=1S/C12H20N2O/c1-4-7-13-12(9-15-3)11-6-5-10(2)14-8-11/h5-6,8,12-13H,4,7,9H2,1-3H3. The highest BCUT2D eigenvalue weighted by Gasteiger charge is 2.09. The maximum Gasteiger partial charge on any atom is 0.0658 e. The molecule has 1 unspecified atom stereocenters. The summed E-state index contributed by atoms with van der Waals surface area (Å²) >= 11 is 0. The Morgan fingerprint density at radius 3 is 2.80 bits per heavy atom. The molecule has 0 bridgehead atoms. The predicted molar refractivity (Wildman–Crippen MR) is 61.9 cm³/mol. The summed E-state index contributed by atoms with van der Waals surface area (Å²) in [5.74, 6) is 0. The molecule has 0 aliphatic rings. The number of nitrogens with one attached hydrogen (secondary N) is 1. The van der Waals surface area contributed by atoms with Crippen molar-refractivity contribution in [3.8, 4) is 0 Å². The number of hydrogen-bond acceptors (Lipinski definition) is 3. The van der Waals surface area contributed by atoms with E-state index in [0.717, 1.165) is 18.7 Å². The van der Waals surface area contributed by atoms with E-state index in [1.165, 1.54) is 5.56 Å². The molecule has 3 nitrogen and oxygen atoms in total. The predicted octanol–water partition coefficient (Wildman–Crippen LogP) is 2.08. The van der Waals surface area contributed by atoms with E-state index in [2.05, 4.69) is 23.3 Å². The summed E-state index contributed by atoms with van der Waals surface area (Å²) in [5, 5.41) is 3.44. The van der Waals surface area contributed by atoms with Crippen LogP contribution in [0.4, 0.5) is 0 Å². The average Bonchev–Trinajstić information content (AvgIpc) is 2.25. The number of hydrogen-bond donors (Lipinski definition) is 1. The van der Waals surface area contributed by atoms with E-state index >= 15 is 0 Å². The second-order valence-electron chi connectivity index (χ2n) is 3.69. The molecular formula is C12H20N2O. The summed E-state index contributed by atoms with van der Waals surface area (Å²) in [6.07, 6.45) is 3.04. The van der Waals surface area contributed by atoms with E-state index < -0.39 is 0 Å². The Hall–Kier alpha value is -0.930. The lowest BCUT2D eigenvalue weighted by molar-refractivity contribution is 0.167. The van der Waals surface area contributed by atoms with Crippen LogP contribution < -0.4 is 5.32 Å². The van der Waals surface area contributed by atoms with E-state index in [4.69, 9.17) is 4.74 Å². The third-order valence-corrected chi connectivity index (χ3v) is 2.31. The molecule has 1 aromatic heterocycles. The fraction of sp³-hybridized carbons (Fsp3) is 0.583. The van der Waals surface area contributed by atoms with Gasteiger partial charge in [-0.3, -0.25) is 4.98 Å². The van der Waals surface area contributed by atoms with Crippen molar-refractivity contribution in [1.29, 1.82) is 0 Å². The molecule has 1 aromatic rings. The first-order valence-corrected chi connectivity index (χ1v) is 5.42. The molecule has 84 valence electrons. The van der Waals surface area contributed by atoms with Crippen molar-refractivity contribution in [2.75, 3.05) is 20.3 Å². The number of rotatable bonds is 6. The Morgan fingerprint density at radius 2 is 2.27 bits per heavy atom. The van der Waals surface area contributed by atoms with Crippen LogP contribution in [-0.2, 0) is 4.74 Å². The van der Waals surface area contributed by atoms with Gasteiger partial charge in [0.2, 0.25) is 0 Å². The van der Waals surface area contributed by atoms with Crippen molar-refractivity contribution in [1.82, 2.24) is 10.3 Å². The molecule has 0 saturated carbocycles. The lowest BCUT2D eigenvalue weighted by Gasteiger charge is -2.17. The lowest BCUT2D eigenvalue weighted by Crippen LogP contribution is -2.26. The zero-order valence-electron chi connectivity index (χ0n) is 9.79. The van der Waals surface area contributed by atoms with Crippen molar-refractivity contribution in [2.45, 2.75) is 26.3 Å². The second-order valence-corrected chi connectivity index (χ2v) is 3.69. The van der Waals surface area contributed by atoms with Gasteiger partial charge in [0.15, 0.2) is 0 Å². The molecule has 0 saturated heterocycles. The normalized spacial score (nSPS) is 12.7. The zero-order valence-corrected chi connectivity index (χ0v) is 9.79. The van der Waals surface area contributed by atoms with Crippen molar-refractivity contribution in [2.24, 2.45) is 0 Å². The fourth-order valence-electron chi connectivity index (χ4n) is 1.44. The van der Waals surface area contributed by atoms with Crippen LogP contribution in [0.5, 0.6) is 0 Å². The molecule has 15 heavy (non-hydrogen) atoms. The van der Waals surface area contributed by atoms with Crippen LogP contribution >= 0.6 is 0 Å².